The summed E-state index contributed by atoms with van der Waals surface area (Å²) in [4.78, 5) is 27.3. The highest BCUT2D eigenvalue weighted by molar-refractivity contribution is 5.94. The van der Waals surface area contributed by atoms with Gasteiger partial charge in [-0.15, -0.1) is 10.2 Å². The van der Waals surface area contributed by atoms with E-state index in [1.54, 1.807) is 0 Å². The zero-order valence-electron chi connectivity index (χ0n) is 18.8. The Balaban J connectivity index is 1.43. The molecular weight excluding hydrogens is 392 g/mol. The van der Waals surface area contributed by atoms with Crippen molar-refractivity contribution in [2.75, 3.05) is 18.4 Å². The second kappa shape index (κ2) is 8.32. The van der Waals surface area contributed by atoms with Crippen LogP contribution in [0, 0.1) is 6.92 Å². The molecule has 8 nitrogen and oxygen atoms in total. The first-order valence-corrected chi connectivity index (χ1v) is 11.1. The van der Waals surface area contributed by atoms with Crippen LogP contribution in [0.4, 0.5) is 10.5 Å². The molecule has 31 heavy (non-hydrogen) atoms. The number of anilines is 1. The SMILES string of the molecule is Cc1ccc(NC(=O)C2CCc3nnc(C4CCN(C(=O)NC(C)(C)C)CC4)n32)cc1. The number of likely N-dealkylation sites (tertiary alicyclic amines) is 1. The number of piperidine rings is 1. The lowest BCUT2D eigenvalue weighted by Gasteiger charge is -2.34. The largest absolute Gasteiger partial charge is 0.333 e. The summed E-state index contributed by atoms with van der Waals surface area (Å²) in [7, 11) is 0. The topological polar surface area (TPSA) is 92.2 Å². The fourth-order valence-electron chi connectivity index (χ4n) is 4.37. The van der Waals surface area contributed by atoms with E-state index in [0.717, 1.165) is 48.6 Å². The standard InChI is InChI=1S/C23H32N6O2/c1-15-5-7-17(8-6-15)24-21(30)18-9-10-19-26-27-20(29(18)19)16-11-13-28(14-12-16)22(31)25-23(2,3)4/h5-8,16,18H,9-14H2,1-4H3,(H,24,30)(H,25,31). The number of aromatic nitrogens is 3. The highest BCUT2D eigenvalue weighted by atomic mass is 16.2. The molecular formula is C23H32N6O2. The van der Waals surface area contributed by atoms with Gasteiger partial charge < -0.3 is 20.1 Å². The van der Waals surface area contributed by atoms with Crippen molar-refractivity contribution in [2.45, 2.75) is 70.9 Å². The number of rotatable bonds is 3. The zero-order valence-corrected chi connectivity index (χ0v) is 18.8. The predicted molar refractivity (Wildman–Crippen MR) is 119 cm³/mol. The van der Waals surface area contributed by atoms with Crippen molar-refractivity contribution in [1.29, 1.82) is 0 Å². The van der Waals surface area contributed by atoms with E-state index in [9.17, 15) is 9.59 Å². The molecule has 3 heterocycles. The first-order chi connectivity index (χ1) is 14.7. The summed E-state index contributed by atoms with van der Waals surface area (Å²) >= 11 is 0. The van der Waals surface area contributed by atoms with Gasteiger partial charge in [-0.05, 0) is 59.1 Å². The number of amides is 3. The molecule has 3 amide bonds. The lowest BCUT2D eigenvalue weighted by Crippen LogP contribution is -2.50. The third kappa shape index (κ3) is 4.73. The molecule has 0 spiro atoms. The van der Waals surface area contributed by atoms with Crippen molar-refractivity contribution in [3.05, 3.63) is 41.5 Å². The van der Waals surface area contributed by atoms with E-state index in [0.29, 0.717) is 13.1 Å². The molecule has 2 aliphatic rings. The second-order valence-corrected chi connectivity index (χ2v) is 9.70. The zero-order chi connectivity index (χ0) is 22.2. The molecule has 1 unspecified atom stereocenters. The number of urea groups is 1. The van der Waals surface area contributed by atoms with Gasteiger partial charge in [-0.3, -0.25) is 4.79 Å². The number of hydrogen-bond donors (Lipinski definition) is 2. The van der Waals surface area contributed by atoms with E-state index >= 15 is 0 Å². The Morgan fingerprint density at radius 1 is 1.03 bits per heavy atom. The van der Waals surface area contributed by atoms with Crippen LogP contribution in [0.25, 0.3) is 0 Å². The number of carbonyl (C=O) groups is 2. The van der Waals surface area contributed by atoms with Gasteiger partial charge in [0.15, 0.2) is 0 Å². The predicted octanol–water partition coefficient (Wildman–Crippen LogP) is 3.40. The van der Waals surface area contributed by atoms with Crippen LogP contribution in [0.1, 0.15) is 69.2 Å². The fourth-order valence-corrected chi connectivity index (χ4v) is 4.37. The van der Waals surface area contributed by atoms with Crippen molar-refractivity contribution < 1.29 is 9.59 Å². The molecule has 1 aromatic heterocycles. The maximum absolute atomic E-state index is 13.0. The van der Waals surface area contributed by atoms with Gasteiger partial charge in [0, 0.05) is 36.7 Å². The number of benzene rings is 1. The minimum absolute atomic E-state index is 0.0206. The molecule has 0 bridgehead atoms. The van der Waals surface area contributed by atoms with E-state index in [2.05, 4.69) is 20.8 Å². The minimum atomic E-state index is -0.288. The number of fused-ring (bicyclic) bond motifs is 1. The van der Waals surface area contributed by atoms with Crippen LogP contribution in [-0.2, 0) is 11.2 Å². The maximum Gasteiger partial charge on any atom is 0.317 e. The van der Waals surface area contributed by atoms with Crippen molar-refractivity contribution in [1.82, 2.24) is 25.0 Å². The van der Waals surface area contributed by atoms with Crippen LogP contribution >= 0.6 is 0 Å². The van der Waals surface area contributed by atoms with E-state index in [1.165, 1.54) is 0 Å². The fraction of sp³-hybridized carbons (Fsp3) is 0.565. The average molecular weight is 425 g/mol. The Morgan fingerprint density at radius 3 is 2.35 bits per heavy atom. The Bertz CT molecular complexity index is 951. The van der Waals surface area contributed by atoms with Gasteiger partial charge in [-0.1, -0.05) is 17.7 Å². The van der Waals surface area contributed by atoms with Gasteiger partial charge >= 0.3 is 6.03 Å². The summed E-state index contributed by atoms with van der Waals surface area (Å²) in [6.45, 7) is 9.33. The van der Waals surface area contributed by atoms with Crippen molar-refractivity contribution in [3.63, 3.8) is 0 Å². The van der Waals surface area contributed by atoms with Gasteiger partial charge in [0.05, 0.1) is 0 Å². The highest BCUT2D eigenvalue weighted by Gasteiger charge is 2.36. The molecule has 1 aromatic carbocycles. The van der Waals surface area contributed by atoms with E-state index in [4.69, 9.17) is 0 Å². The summed E-state index contributed by atoms with van der Waals surface area (Å²) in [6, 6.07) is 7.52. The highest BCUT2D eigenvalue weighted by Crippen LogP contribution is 2.34. The monoisotopic (exact) mass is 424 g/mol. The Kier molecular flexibility index (Phi) is 5.73. The van der Waals surface area contributed by atoms with Gasteiger partial charge in [0.25, 0.3) is 0 Å². The van der Waals surface area contributed by atoms with Crippen LogP contribution in [0.5, 0.6) is 0 Å². The Labute approximate surface area is 183 Å². The molecule has 0 saturated carbocycles. The third-order valence-corrected chi connectivity index (χ3v) is 6.00. The first-order valence-electron chi connectivity index (χ1n) is 11.1. The molecule has 166 valence electrons. The lowest BCUT2D eigenvalue weighted by molar-refractivity contribution is -0.119. The summed E-state index contributed by atoms with van der Waals surface area (Å²) < 4.78 is 2.04. The van der Waals surface area contributed by atoms with Gasteiger partial charge in [-0.2, -0.15) is 0 Å². The number of hydrogen-bond acceptors (Lipinski definition) is 4. The quantitative estimate of drug-likeness (QED) is 0.790. The molecule has 2 aromatic rings. The van der Waals surface area contributed by atoms with Crippen LogP contribution in [0.3, 0.4) is 0 Å². The molecule has 0 aliphatic carbocycles. The molecule has 2 aliphatic heterocycles. The van der Waals surface area contributed by atoms with Crippen molar-refractivity contribution in [2.24, 2.45) is 0 Å². The minimum Gasteiger partial charge on any atom is -0.333 e. The van der Waals surface area contributed by atoms with Crippen LogP contribution in [-0.4, -0.2) is 50.2 Å². The third-order valence-electron chi connectivity index (χ3n) is 6.00. The lowest BCUT2D eigenvalue weighted by atomic mass is 9.95. The molecule has 2 N–H and O–H groups in total. The molecule has 4 rings (SSSR count). The number of nitrogens with zero attached hydrogens (tertiary/aromatic N) is 4. The average Bonchev–Trinajstić information content (AvgIpc) is 3.31. The van der Waals surface area contributed by atoms with Gasteiger partial charge in [0.2, 0.25) is 5.91 Å². The first kappa shape index (κ1) is 21.3. The molecule has 1 fully saturated rings. The van der Waals surface area contributed by atoms with E-state index < -0.39 is 0 Å². The van der Waals surface area contributed by atoms with E-state index in [-0.39, 0.29) is 29.4 Å². The van der Waals surface area contributed by atoms with E-state index in [1.807, 2.05) is 61.4 Å². The number of carbonyl (C=O) groups excluding carboxylic acids is 2. The number of aryl methyl sites for hydroxylation is 2. The summed E-state index contributed by atoms with van der Waals surface area (Å²) in [6.07, 6.45) is 3.14. The summed E-state index contributed by atoms with van der Waals surface area (Å²) in [5.74, 6) is 1.94. The van der Waals surface area contributed by atoms with Crippen LogP contribution in [0.2, 0.25) is 0 Å². The smallest absolute Gasteiger partial charge is 0.317 e. The molecule has 1 atom stereocenters. The van der Waals surface area contributed by atoms with Crippen molar-refractivity contribution >= 4 is 17.6 Å². The van der Waals surface area contributed by atoms with Crippen LogP contribution in [0.15, 0.2) is 24.3 Å². The van der Waals surface area contributed by atoms with Gasteiger partial charge in [0.1, 0.15) is 17.7 Å². The van der Waals surface area contributed by atoms with Crippen LogP contribution < -0.4 is 10.6 Å². The normalized spacial score (nSPS) is 19.2. The maximum atomic E-state index is 13.0. The van der Waals surface area contributed by atoms with Crippen molar-refractivity contribution in [3.8, 4) is 0 Å². The molecule has 0 radical (unpaired) electrons. The molecule has 1 saturated heterocycles. The summed E-state index contributed by atoms with van der Waals surface area (Å²) in [5.41, 5.74) is 1.71. The Morgan fingerprint density at radius 2 is 1.71 bits per heavy atom. The number of nitrogens with one attached hydrogen (secondary N) is 2. The van der Waals surface area contributed by atoms with Gasteiger partial charge in [-0.25, -0.2) is 4.79 Å². The summed E-state index contributed by atoms with van der Waals surface area (Å²) in [5, 5.41) is 14.9. The Hall–Kier alpha value is -2.90. The molecule has 8 heteroatoms. The second-order valence-electron chi connectivity index (χ2n) is 9.70.